The largest absolute Gasteiger partial charge is 0.496 e. The second kappa shape index (κ2) is 11.4. The number of hydrogen-bond donors (Lipinski definition) is 1. The van der Waals surface area contributed by atoms with Crippen molar-refractivity contribution in [1.29, 1.82) is 0 Å². The number of anilines is 2. The van der Waals surface area contributed by atoms with Crippen LogP contribution in [0.15, 0.2) is 94.3 Å². The van der Waals surface area contributed by atoms with Crippen molar-refractivity contribution in [3.63, 3.8) is 0 Å². The van der Waals surface area contributed by atoms with Gasteiger partial charge in [0.15, 0.2) is 0 Å². The molecule has 0 aliphatic rings. The van der Waals surface area contributed by atoms with E-state index in [2.05, 4.69) is 21.2 Å². The Balaban J connectivity index is 1.62. The number of hydrogen-bond acceptors (Lipinski definition) is 4. The molecule has 4 aromatic rings. The minimum atomic E-state index is -3.92. The molecule has 0 saturated heterocycles. The summed E-state index contributed by atoms with van der Waals surface area (Å²) in [6.07, 6.45) is 0. The second-order valence-electron chi connectivity index (χ2n) is 9.17. The summed E-state index contributed by atoms with van der Waals surface area (Å²) in [4.78, 5) is 13.0. The van der Waals surface area contributed by atoms with Crippen molar-refractivity contribution in [2.24, 2.45) is 0 Å². The van der Waals surface area contributed by atoms with Crippen molar-refractivity contribution in [2.75, 3.05) is 16.7 Å². The fourth-order valence-electron chi connectivity index (χ4n) is 4.14. The molecule has 0 spiro atoms. The smallest absolute Gasteiger partial charge is 0.264 e. The van der Waals surface area contributed by atoms with Crippen molar-refractivity contribution in [3.05, 3.63) is 117 Å². The van der Waals surface area contributed by atoms with Gasteiger partial charge in [-0.2, -0.15) is 0 Å². The number of methoxy groups -OCH3 is 1. The Hall–Kier alpha value is -3.62. The molecule has 0 aromatic heterocycles. The van der Waals surface area contributed by atoms with E-state index in [9.17, 15) is 13.2 Å². The molecule has 4 aromatic carbocycles. The average molecular weight is 594 g/mol. The highest BCUT2D eigenvalue weighted by Gasteiger charge is 2.26. The zero-order chi connectivity index (χ0) is 27.4. The summed E-state index contributed by atoms with van der Waals surface area (Å²) in [6, 6.07) is 24.9. The number of ether oxygens (including phenoxy) is 1. The molecule has 38 heavy (non-hydrogen) atoms. The maximum Gasteiger partial charge on any atom is 0.264 e. The van der Waals surface area contributed by atoms with Gasteiger partial charge in [-0.25, -0.2) is 8.42 Å². The third kappa shape index (κ3) is 6.26. The number of rotatable bonds is 8. The molecule has 0 bridgehead atoms. The van der Waals surface area contributed by atoms with E-state index in [0.29, 0.717) is 21.5 Å². The quantitative estimate of drug-likeness (QED) is 0.238. The highest BCUT2D eigenvalue weighted by atomic mass is 79.9. The van der Waals surface area contributed by atoms with E-state index in [4.69, 9.17) is 4.74 Å². The maximum atomic E-state index is 13.8. The number of aryl methyl sites for hydroxylation is 3. The van der Waals surface area contributed by atoms with E-state index in [1.54, 1.807) is 42.5 Å². The van der Waals surface area contributed by atoms with E-state index in [0.717, 1.165) is 27.9 Å². The van der Waals surface area contributed by atoms with Crippen LogP contribution in [0.3, 0.4) is 0 Å². The van der Waals surface area contributed by atoms with Crippen LogP contribution in [-0.4, -0.2) is 21.4 Å². The monoisotopic (exact) mass is 592 g/mol. The van der Waals surface area contributed by atoms with Gasteiger partial charge in [-0.1, -0.05) is 35.9 Å². The summed E-state index contributed by atoms with van der Waals surface area (Å²) in [7, 11) is -2.39. The number of amides is 1. The van der Waals surface area contributed by atoms with Gasteiger partial charge in [-0.3, -0.25) is 9.10 Å². The number of carbonyl (C=O) groups is 1. The molecule has 0 unspecified atom stereocenters. The first-order valence-electron chi connectivity index (χ1n) is 12.0. The van der Waals surface area contributed by atoms with Gasteiger partial charge in [0.2, 0.25) is 0 Å². The van der Waals surface area contributed by atoms with Crippen LogP contribution in [0.1, 0.15) is 32.6 Å². The van der Waals surface area contributed by atoms with Crippen molar-refractivity contribution in [1.82, 2.24) is 0 Å². The maximum absolute atomic E-state index is 13.8. The van der Waals surface area contributed by atoms with Crippen molar-refractivity contribution >= 4 is 43.2 Å². The minimum absolute atomic E-state index is 0.0913. The lowest BCUT2D eigenvalue weighted by atomic mass is 10.1. The summed E-state index contributed by atoms with van der Waals surface area (Å²) >= 11 is 3.39. The zero-order valence-corrected chi connectivity index (χ0v) is 24.1. The fourth-order valence-corrected chi connectivity index (χ4v) is 6.31. The van der Waals surface area contributed by atoms with Crippen LogP contribution >= 0.6 is 15.9 Å². The lowest BCUT2D eigenvalue weighted by molar-refractivity contribution is 0.102. The SMILES string of the molecule is COc1ccc(S(=O)(=O)N(Cc2ccc(C(=O)Nc3cc(C)cc(C)c3)cc2)c2ccc(C)cc2)cc1Br. The molecule has 0 fully saturated rings. The third-order valence-electron chi connectivity index (χ3n) is 6.06. The Bertz CT molecular complexity index is 1550. The van der Waals surface area contributed by atoms with Crippen LogP contribution in [0.4, 0.5) is 11.4 Å². The molecule has 8 heteroatoms. The Morgan fingerprint density at radius 3 is 2.05 bits per heavy atom. The Morgan fingerprint density at radius 2 is 1.47 bits per heavy atom. The molecule has 1 amide bonds. The molecule has 0 radical (unpaired) electrons. The average Bonchev–Trinajstić information content (AvgIpc) is 2.87. The van der Waals surface area contributed by atoms with Gasteiger partial charge in [0.05, 0.1) is 28.7 Å². The van der Waals surface area contributed by atoms with Crippen LogP contribution in [-0.2, 0) is 16.6 Å². The second-order valence-corrected chi connectivity index (χ2v) is 11.9. The highest BCUT2D eigenvalue weighted by molar-refractivity contribution is 9.10. The molecular weight excluding hydrogens is 564 g/mol. The highest BCUT2D eigenvalue weighted by Crippen LogP contribution is 2.32. The predicted molar refractivity (Wildman–Crippen MR) is 156 cm³/mol. The molecule has 4 rings (SSSR count). The molecule has 1 N–H and O–H groups in total. The Morgan fingerprint density at radius 1 is 0.842 bits per heavy atom. The molecule has 196 valence electrons. The first kappa shape index (κ1) is 27.4. The van der Waals surface area contributed by atoms with E-state index in [-0.39, 0.29) is 17.3 Å². The van der Waals surface area contributed by atoms with E-state index < -0.39 is 10.0 Å². The number of nitrogens with zero attached hydrogens (tertiary/aromatic N) is 1. The first-order chi connectivity index (χ1) is 18.1. The lowest BCUT2D eigenvalue weighted by Gasteiger charge is -2.25. The molecule has 0 aliphatic carbocycles. The fraction of sp³-hybridized carbons (Fsp3) is 0.167. The first-order valence-corrected chi connectivity index (χ1v) is 14.2. The van der Waals surface area contributed by atoms with Crippen LogP contribution in [0.25, 0.3) is 0 Å². The number of halogens is 1. The number of carbonyl (C=O) groups excluding carboxylic acids is 1. The topological polar surface area (TPSA) is 75.7 Å². The van der Waals surface area contributed by atoms with Gasteiger partial charge < -0.3 is 10.1 Å². The van der Waals surface area contributed by atoms with Crippen molar-refractivity contribution < 1.29 is 17.9 Å². The van der Waals surface area contributed by atoms with Crippen LogP contribution in [0.5, 0.6) is 5.75 Å². The summed E-state index contributed by atoms with van der Waals surface area (Å²) in [5.41, 5.74) is 5.66. The van der Waals surface area contributed by atoms with Crippen LogP contribution in [0.2, 0.25) is 0 Å². The number of benzene rings is 4. The molecule has 6 nitrogen and oxygen atoms in total. The molecule has 0 heterocycles. The number of nitrogens with one attached hydrogen (secondary N) is 1. The van der Waals surface area contributed by atoms with E-state index in [1.165, 1.54) is 23.5 Å². The van der Waals surface area contributed by atoms with Crippen molar-refractivity contribution in [3.8, 4) is 5.75 Å². The Kier molecular flexibility index (Phi) is 8.23. The number of sulfonamides is 1. The summed E-state index contributed by atoms with van der Waals surface area (Å²) < 4.78 is 34.8. The molecule has 0 aliphatic heterocycles. The van der Waals surface area contributed by atoms with Gasteiger partial charge in [-0.05, 0) is 108 Å². The summed E-state index contributed by atoms with van der Waals surface area (Å²) in [5, 5.41) is 2.93. The van der Waals surface area contributed by atoms with E-state index >= 15 is 0 Å². The summed E-state index contributed by atoms with van der Waals surface area (Å²) in [6.45, 7) is 6.00. The van der Waals surface area contributed by atoms with Crippen LogP contribution < -0.4 is 14.4 Å². The lowest BCUT2D eigenvalue weighted by Crippen LogP contribution is -2.30. The third-order valence-corrected chi connectivity index (χ3v) is 8.44. The summed E-state index contributed by atoms with van der Waals surface area (Å²) in [5.74, 6) is 0.313. The van der Waals surface area contributed by atoms with Gasteiger partial charge >= 0.3 is 0 Å². The zero-order valence-electron chi connectivity index (χ0n) is 21.7. The van der Waals surface area contributed by atoms with Gasteiger partial charge in [0.25, 0.3) is 15.9 Å². The van der Waals surface area contributed by atoms with Gasteiger partial charge in [0, 0.05) is 11.3 Å². The molecular formula is C30H29BrN2O4S. The van der Waals surface area contributed by atoms with E-state index in [1.807, 2.05) is 51.1 Å². The standard InChI is InChI=1S/C30H29BrN2O4S/c1-20-5-11-26(12-6-20)33(38(35,36)27-13-14-29(37-4)28(31)18-27)19-23-7-9-24(10-8-23)30(34)32-25-16-21(2)15-22(3)17-25/h5-18H,19H2,1-4H3,(H,32,34). The Labute approximate surface area is 232 Å². The van der Waals surface area contributed by atoms with Gasteiger partial charge in [0.1, 0.15) is 5.75 Å². The molecule has 0 saturated carbocycles. The minimum Gasteiger partial charge on any atom is -0.496 e. The predicted octanol–water partition coefficient (Wildman–Crippen LogP) is 7.03. The normalized spacial score (nSPS) is 11.2. The van der Waals surface area contributed by atoms with Gasteiger partial charge in [-0.15, -0.1) is 0 Å². The molecule has 0 atom stereocenters. The van der Waals surface area contributed by atoms with Crippen LogP contribution in [0, 0.1) is 20.8 Å². The van der Waals surface area contributed by atoms with Crippen molar-refractivity contribution in [2.45, 2.75) is 32.2 Å².